The lowest BCUT2D eigenvalue weighted by atomic mass is 10.0. The Morgan fingerprint density at radius 3 is 2.19 bits per heavy atom. The van der Waals surface area contributed by atoms with Crippen LogP contribution in [0.25, 0.3) is 0 Å². The number of rotatable bonds is 7. The molecule has 0 spiro atoms. The van der Waals surface area contributed by atoms with Gasteiger partial charge >= 0.3 is 0 Å². The average molecular weight is 399 g/mol. The first kappa shape index (κ1) is 20.4. The number of carbonyl (C=O) groups is 1. The fourth-order valence-electron chi connectivity index (χ4n) is 2.31. The van der Waals surface area contributed by atoms with Crippen molar-refractivity contribution >= 4 is 33.2 Å². The zero-order valence-corrected chi connectivity index (χ0v) is 15.9. The minimum absolute atomic E-state index is 0.0758. The summed E-state index contributed by atoms with van der Waals surface area (Å²) in [5.41, 5.74) is 0.508. The van der Waals surface area contributed by atoms with Gasteiger partial charge in [-0.25, -0.2) is 12.8 Å². The molecule has 26 heavy (non-hydrogen) atoms. The SMILES string of the molecule is CC(C)CC(NS(=O)(=O)c1ccc(F)cc1)C(=O)Nc1ccc(Cl)cc1. The fraction of sp³-hybridized carbons (Fsp3) is 0.278. The minimum atomic E-state index is -3.96. The summed E-state index contributed by atoms with van der Waals surface area (Å²) in [6.45, 7) is 3.77. The molecule has 0 heterocycles. The van der Waals surface area contributed by atoms with E-state index in [2.05, 4.69) is 10.0 Å². The van der Waals surface area contributed by atoms with Gasteiger partial charge in [-0.3, -0.25) is 4.79 Å². The van der Waals surface area contributed by atoms with E-state index in [4.69, 9.17) is 11.6 Å². The largest absolute Gasteiger partial charge is 0.325 e. The Balaban J connectivity index is 2.19. The highest BCUT2D eigenvalue weighted by Crippen LogP contribution is 2.17. The van der Waals surface area contributed by atoms with E-state index in [9.17, 15) is 17.6 Å². The lowest BCUT2D eigenvalue weighted by Crippen LogP contribution is -2.44. The van der Waals surface area contributed by atoms with Gasteiger partial charge in [0.25, 0.3) is 0 Å². The minimum Gasteiger partial charge on any atom is -0.325 e. The number of sulfonamides is 1. The molecule has 1 unspecified atom stereocenters. The van der Waals surface area contributed by atoms with Crippen LogP contribution in [-0.4, -0.2) is 20.4 Å². The van der Waals surface area contributed by atoms with Crippen LogP contribution in [-0.2, 0) is 14.8 Å². The van der Waals surface area contributed by atoms with Crippen LogP contribution < -0.4 is 10.0 Å². The standard InChI is InChI=1S/C18H20ClFN2O3S/c1-12(2)11-17(18(23)21-15-7-3-13(19)4-8-15)22-26(24,25)16-9-5-14(20)6-10-16/h3-10,12,17,22H,11H2,1-2H3,(H,21,23). The zero-order chi connectivity index (χ0) is 19.3. The van der Waals surface area contributed by atoms with Gasteiger partial charge in [-0.15, -0.1) is 0 Å². The number of benzene rings is 2. The van der Waals surface area contributed by atoms with Crippen LogP contribution in [0.2, 0.25) is 5.02 Å². The Kier molecular flexibility index (Phi) is 6.75. The zero-order valence-electron chi connectivity index (χ0n) is 14.4. The summed E-state index contributed by atoms with van der Waals surface area (Å²) in [6, 6.07) is 9.94. The Morgan fingerprint density at radius 1 is 1.08 bits per heavy atom. The normalized spacial score (nSPS) is 12.8. The van der Waals surface area contributed by atoms with Crippen molar-refractivity contribution in [1.82, 2.24) is 4.72 Å². The molecule has 0 saturated carbocycles. The maximum absolute atomic E-state index is 13.0. The predicted octanol–water partition coefficient (Wildman–Crippen LogP) is 3.81. The van der Waals surface area contributed by atoms with Crippen LogP contribution in [0.3, 0.4) is 0 Å². The number of hydrogen-bond acceptors (Lipinski definition) is 3. The number of anilines is 1. The number of amides is 1. The van der Waals surface area contributed by atoms with Gasteiger partial charge in [-0.05, 0) is 60.9 Å². The first-order valence-electron chi connectivity index (χ1n) is 8.01. The third kappa shape index (κ3) is 5.79. The van der Waals surface area contributed by atoms with Crippen LogP contribution in [0.1, 0.15) is 20.3 Å². The number of carbonyl (C=O) groups excluding carboxylic acids is 1. The van der Waals surface area contributed by atoms with E-state index in [1.165, 1.54) is 0 Å². The first-order chi connectivity index (χ1) is 12.2. The number of nitrogens with one attached hydrogen (secondary N) is 2. The Morgan fingerprint density at radius 2 is 1.65 bits per heavy atom. The predicted molar refractivity (Wildman–Crippen MR) is 100 cm³/mol. The van der Waals surface area contributed by atoms with Crippen LogP contribution in [0, 0.1) is 11.7 Å². The molecule has 0 aliphatic carbocycles. The smallest absolute Gasteiger partial charge is 0.242 e. The summed E-state index contributed by atoms with van der Waals surface area (Å²) in [6.07, 6.45) is 0.305. The van der Waals surface area contributed by atoms with E-state index in [0.717, 1.165) is 24.3 Å². The average Bonchev–Trinajstić information content (AvgIpc) is 2.56. The van der Waals surface area contributed by atoms with Crippen LogP contribution in [0.5, 0.6) is 0 Å². The van der Waals surface area contributed by atoms with Crippen LogP contribution >= 0.6 is 11.6 Å². The molecule has 140 valence electrons. The van der Waals surface area contributed by atoms with Gasteiger partial charge in [0.2, 0.25) is 15.9 Å². The van der Waals surface area contributed by atoms with Crippen molar-refractivity contribution in [3.63, 3.8) is 0 Å². The molecule has 5 nitrogen and oxygen atoms in total. The molecular weight excluding hydrogens is 379 g/mol. The Hall–Kier alpha value is -1.96. The lowest BCUT2D eigenvalue weighted by Gasteiger charge is -2.20. The summed E-state index contributed by atoms with van der Waals surface area (Å²) < 4.78 is 40.4. The number of halogens is 2. The molecule has 2 N–H and O–H groups in total. The second kappa shape index (κ2) is 8.62. The summed E-state index contributed by atoms with van der Waals surface area (Å²) in [4.78, 5) is 12.5. The summed E-state index contributed by atoms with van der Waals surface area (Å²) in [5, 5.41) is 3.20. The third-order valence-corrected chi connectivity index (χ3v) is 5.30. The van der Waals surface area contributed by atoms with Gasteiger partial charge < -0.3 is 5.32 Å². The monoisotopic (exact) mass is 398 g/mol. The lowest BCUT2D eigenvalue weighted by molar-refractivity contribution is -0.118. The van der Waals surface area contributed by atoms with Gasteiger partial charge in [0.1, 0.15) is 11.9 Å². The van der Waals surface area contributed by atoms with Crippen molar-refractivity contribution in [3.05, 3.63) is 59.4 Å². The number of hydrogen-bond donors (Lipinski definition) is 2. The van der Waals surface area contributed by atoms with E-state index in [1.54, 1.807) is 24.3 Å². The first-order valence-corrected chi connectivity index (χ1v) is 9.88. The Bertz CT molecular complexity index is 853. The second-order valence-corrected chi connectivity index (χ2v) is 8.40. The van der Waals surface area contributed by atoms with Gasteiger partial charge in [-0.2, -0.15) is 4.72 Å². The Labute approximate surface area is 157 Å². The van der Waals surface area contributed by atoms with Crippen LogP contribution in [0.4, 0.5) is 10.1 Å². The van der Waals surface area contributed by atoms with E-state index in [-0.39, 0.29) is 10.8 Å². The molecule has 2 aromatic carbocycles. The van der Waals surface area contributed by atoms with Gasteiger partial charge in [-0.1, -0.05) is 25.4 Å². The maximum atomic E-state index is 13.0. The molecule has 1 atom stereocenters. The molecule has 0 aliphatic rings. The van der Waals surface area contributed by atoms with E-state index in [0.29, 0.717) is 17.1 Å². The topological polar surface area (TPSA) is 75.3 Å². The van der Waals surface area contributed by atoms with E-state index in [1.807, 2.05) is 13.8 Å². The molecule has 0 aromatic heterocycles. The van der Waals surface area contributed by atoms with Crippen molar-refractivity contribution in [3.8, 4) is 0 Å². The van der Waals surface area contributed by atoms with E-state index < -0.39 is 27.8 Å². The molecule has 0 radical (unpaired) electrons. The molecular formula is C18H20ClFN2O3S. The van der Waals surface area contributed by atoms with Crippen molar-refractivity contribution in [1.29, 1.82) is 0 Å². The van der Waals surface area contributed by atoms with Crippen molar-refractivity contribution in [2.75, 3.05) is 5.32 Å². The quantitative estimate of drug-likeness (QED) is 0.744. The van der Waals surface area contributed by atoms with Crippen molar-refractivity contribution in [2.45, 2.75) is 31.2 Å². The van der Waals surface area contributed by atoms with Gasteiger partial charge in [0.15, 0.2) is 0 Å². The second-order valence-electron chi connectivity index (χ2n) is 6.25. The molecule has 1 amide bonds. The third-order valence-electron chi connectivity index (χ3n) is 3.56. The van der Waals surface area contributed by atoms with Crippen molar-refractivity contribution < 1.29 is 17.6 Å². The summed E-state index contributed by atoms with van der Waals surface area (Å²) >= 11 is 5.81. The fourth-order valence-corrected chi connectivity index (χ4v) is 3.65. The summed E-state index contributed by atoms with van der Waals surface area (Å²) in [5.74, 6) is -0.943. The van der Waals surface area contributed by atoms with Crippen molar-refractivity contribution in [2.24, 2.45) is 5.92 Å². The maximum Gasteiger partial charge on any atom is 0.242 e. The highest BCUT2D eigenvalue weighted by Gasteiger charge is 2.26. The molecule has 2 rings (SSSR count). The van der Waals surface area contributed by atoms with E-state index >= 15 is 0 Å². The highest BCUT2D eigenvalue weighted by atomic mass is 35.5. The molecule has 8 heteroatoms. The summed E-state index contributed by atoms with van der Waals surface area (Å²) in [7, 11) is -3.96. The molecule has 0 bridgehead atoms. The highest BCUT2D eigenvalue weighted by molar-refractivity contribution is 7.89. The molecule has 0 saturated heterocycles. The van der Waals surface area contributed by atoms with Gasteiger partial charge in [0.05, 0.1) is 4.90 Å². The molecule has 0 fully saturated rings. The van der Waals surface area contributed by atoms with Crippen LogP contribution in [0.15, 0.2) is 53.4 Å². The molecule has 2 aromatic rings. The van der Waals surface area contributed by atoms with Gasteiger partial charge in [0, 0.05) is 10.7 Å². The molecule has 0 aliphatic heterocycles.